The molecule has 0 bridgehead atoms. The highest BCUT2D eigenvalue weighted by molar-refractivity contribution is 5.95. The molecule has 3 N–H and O–H groups in total. The number of pyridine rings is 1. The Morgan fingerprint density at radius 2 is 2.19 bits per heavy atom. The number of ether oxygens (including phenoxy) is 1. The van der Waals surface area contributed by atoms with Crippen LogP contribution in [0.25, 0.3) is 10.9 Å². The average molecular weight is 290 g/mol. The molecule has 0 fully saturated rings. The number of aromatic nitrogens is 1. The Morgan fingerprint density at radius 3 is 2.81 bits per heavy atom. The molecule has 6 nitrogen and oxygen atoms in total. The minimum Gasteiger partial charge on any atom is -0.494 e. The minimum atomic E-state index is -1.84. The highest BCUT2D eigenvalue weighted by Crippen LogP contribution is 2.30. The molecule has 0 radical (unpaired) electrons. The number of nitrogens with zero attached hydrogens (tertiary/aromatic N) is 1. The first kappa shape index (κ1) is 15.1. The van der Waals surface area contributed by atoms with Gasteiger partial charge in [-0.05, 0) is 26.0 Å². The van der Waals surface area contributed by atoms with Crippen molar-refractivity contribution in [3.05, 3.63) is 30.0 Å². The fourth-order valence-corrected chi connectivity index (χ4v) is 2.00. The Balaban J connectivity index is 2.42. The fraction of sp³-hybridized carbons (Fsp3) is 0.333. The number of anilines is 1. The number of carboxylic acids is 1. The molecule has 1 atom stereocenters. The summed E-state index contributed by atoms with van der Waals surface area (Å²) in [6.45, 7) is 2.98. The van der Waals surface area contributed by atoms with Crippen LogP contribution in [0.3, 0.4) is 0 Å². The van der Waals surface area contributed by atoms with Crippen molar-refractivity contribution in [1.82, 2.24) is 4.98 Å². The predicted molar refractivity (Wildman–Crippen MR) is 79.8 cm³/mol. The van der Waals surface area contributed by atoms with Gasteiger partial charge >= 0.3 is 5.97 Å². The van der Waals surface area contributed by atoms with Gasteiger partial charge in [0.1, 0.15) is 11.3 Å². The Kier molecular flexibility index (Phi) is 3.99. The predicted octanol–water partition coefficient (Wildman–Crippen LogP) is 1.80. The van der Waals surface area contributed by atoms with Crippen molar-refractivity contribution >= 4 is 22.6 Å². The number of para-hydroxylation sites is 1. The zero-order valence-corrected chi connectivity index (χ0v) is 12.2. The molecule has 1 aromatic carbocycles. The lowest BCUT2D eigenvalue weighted by Gasteiger charge is -2.20. The first-order valence-corrected chi connectivity index (χ1v) is 6.49. The van der Waals surface area contributed by atoms with Crippen LogP contribution in [0.15, 0.2) is 24.3 Å². The lowest BCUT2D eigenvalue weighted by molar-refractivity contribution is -0.155. The van der Waals surface area contributed by atoms with Gasteiger partial charge in [-0.1, -0.05) is 12.1 Å². The third-order valence-corrected chi connectivity index (χ3v) is 3.23. The van der Waals surface area contributed by atoms with Crippen molar-refractivity contribution in [1.29, 1.82) is 0 Å². The SMILES string of the molecule is COc1cccc2c(NCC(C)(O)C(=O)O)cc(C)nc12. The van der Waals surface area contributed by atoms with E-state index in [4.69, 9.17) is 9.84 Å². The maximum absolute atomic E-state index is 11.0. The second kappa shape index (κ2) is 5.57. The molecule has 1 aromatic heterocycles. The lowest BCUT2D eigenvalue weighted by atomic mass is 10.1. The number of hydrogen-bond donors (Lipinski definition) is 3. The van der Waals surface area contributed by atoms with E-state index in [1.54, 1.807) is 13.2 Å². The molecule has 21 heavy (non-hydrogen) atoms. The van der Waals surface area contributed by atoms with Gasteiger partial charge in [-0.2, -0.15) is 0 Å². The van der Waals surface area contributed by atoms with Gasteiger partial charge in [-0.3, -0.25) is 0 Å². The Bertz CT molecular complexity index is 683. The van der Waals surface area contributed by atoms with Crippen LogP contribution < -0.4 is 10.1 Å². The van der Waals surface area contributed by atoms with Crippen molar-refractivity contribution in [2.45, 2.75) is 19.4 Å². The second-order valence-corrected chi connectivity index (χ2v) is 5.10. The van der Waals surface area contributed by atoms with Crippen LogP contribution in [0.1, 0.15) is 12.6 Å². The molecule has 0 saturated carbocycles. The number of aliphatic carboxylic acids is 1. The summed E-state index contributed by atoms with van der Waals surface area (Å²) < 4.78 is 5.29. The highest BCUT2D eigenvalue weighted by Gasteiger charge is 2.29. The molecule has 2 rings (SSSR count). The number of carboxylic acid groups (broad SMARTS) is 1. The summed E-state index contributed by atoms with van der Waals surface area (Å²) in [6, 6.07) is 7.31. The van der Waals surface area contributed by atoms with E-state index in [0.717, 1.165) is 11.1 Å². The average Bonchev–Trinajstić information content (AvgIpc) is 2.43. The summed E-state index contributed by atoms with van der Waals surface area (Å²) in [5.41, 5.74) is 0.322. The second-order valence-electron chi connectivity index (χ2n) is 5.10. The number of nitrogens with one attached hydrogen (secondary N) is 1. The first-order valence-electron chi connectivity index (χ1n) is 6.49. The van der Waals surface area contributed by atoms with Gasteiger partial charge < -0.3 is 20.3 Å². The summed E-state index contributed by atoms with van der Waals surface area (Å²) >= 11 is 0. The third-order valence-electron chi connectivity index (χ3n) is 3.23. The zero-order valence-electron chi connectivity index (χ0n) is 12.2. The van der Waals surface area contributed by atoms with Gasteiger partial charge in [0.25, 0.3) is 0 Å². The summed E-state index contributed by atoms with van der Waals surface area (Å²) in [5, 5.41) is 22.5. The monoisotopic (exact) mass is 290 g/mol. The first-order chi connectivity index (χ1) is 9.85. The molecule has 112 valence electrons. The smallest absolute Gasteiger partial charge is 0.337 e. The molecule has 6 heteroatoms. The minimum absolute atomic E-state index is 0.113. The van der Waals surface area contributed by atoms with Crippen molar-refractivity contribution in [3.63, 3.8) is 0 Å². The lowest BCUT2D eigenvalue weighted by Crippen LogP contribution is -2.41. The molecular formula is C15H18N2O4. The van der Waals surface area contributed by atoms with Gasteiger partial charge in [0.05, 0.1) is 13.7 Å². The molecule has 0 saturated heterocycles. The van der Waals surface area contributed by atoms with Gasteiger partial charge in [0, 0.05) is 16.8 Å². The van der Waals surface area contributed by atoms with Gasteiger partial charge in [0.2, 0.25) is 0 Å². The Labute approximate surface area is 122 Å². The highest BCUT2D eigenvalue weighted by atomic mass is 16.5. The zero-order chi connectivity index (χ0) is 15.6. The third kappa shape index (κ3) is 3.05. The molecular weight excluding hydrogens is 272 g/mol. The maximum Gasteiger partial charge on any atom is 0.337 e. The molecule has 1 unspecified atom stereocenters. The molecule has 0 aliphatic rings. The van der Waals surface area contributed by atoms with Gasteiger partial charge in [-0.15, -0.1) is 0 Å². The Morgan fingerprint density at radius 1 is 1.48 bits per heavy atom. The number of rotatable bonds is 5. The Hall–Kier alpha value is -2.34. The van der Waals surface area contributed by atoms with Crippen LogP contribution in [-0.4, -0.2) is 40.4 Å². The van der Waals surface area contributed by atoms with E-state index < -0.39 is 11.6 Å². The summed E-state index contributed by atoms with van der Waals surface area (Å²) in [4.78, 5) is 15.4. The number of fused-ring (bicyclic) bond motifs is 1. The molecule has 2 aromatic rings. The van der Waals surface area contributed by atoms with Crippen LogP contribution in [0.2, 0.25) is 0 Å². The van der Waals surface area contributed by atoms with Crippen LogP contribution in [0.5, 0.6) is 5.75 Å². The fourth-order valence-electron chi connectivity index (χ4n) is 2.00. The number of aryl methyl sites for hydroxylation is 1. The van der Waals surface area contributed by atoms with Gasteiger partial charge in [0.15, 0.2) is 5.60 Å². The van der Waals surface area contributed by atoms with E-state index in [-0.39, 0.29) is 6.54 Å². The summed E-state index contributed by atoms with van der Waals surface area (Å²) in [7, 11) is 1.57. The van der Waals surface area contributed by atoms with Crippen LogP contribution in [0.4, 0.5) is 5.69 Å². The van der Waals surface area contributed by atoms with E-state index in [1.807, 2.05) is 25.1 Å². The van der Waals surface area contributed by atoms with Crippen molar-refractivity contribution in [3.8, 4) is 5.75 Å². The van der Waals surface area contributed by atoms with Crippen molar-refractivity contribution in [2.24, 2.45) is 0 Å². The van der Waals surface area contributed by atoms with Crippen LogP contribution in [-0.2, 0) is 4.79 Å². The van der Waals surface area contributed by atoms with E-state index in [2.05, 4.69) is 10.3 Å². The number of aliphatic hydroxyl groups is 1. The van der Waals surface area contributed by atoms with Crippen LogP contribution >= 0.6 is 0 Å². The molecule has 1 heterocycles. The van der Waals surface area contributed by atoms with E-state index in [0.29, 0.717) is 17.0 Å². The number of carbonyl (C=O) groups is 1. The quantitative estimate of drug-likeness (QED) is 0.777. The summed E-state index contributed by atoms with van der Waals surface area (Å²) in [6.07, 6.45) is 0. The van der Waals surface area contributed by atoms with Crippen molar-refractivity contribution in [2.75, 3.05) is 19.0 Å². The molecule has 0 aliphatic carbocycles. The van der Waals surface area contributed by atoms with Crippen molar-refractivity contribution < 1.29 is 19.7 Å². The standard InChI is InChI=1S/C15H18N2O4/c1-9-7-11(16-8-15(2,20)14(18)19)10-5-4-6-12(21-3)13(10)17-9/h4-7,20H,8H2,1-3H3,(H,16,17)(H,18,19). The van der Waals surface area contributed by atoms with E-state index >= 15 is 0 Å². The normalized spacial score (nSPS) is 13.7. The largest absolute Gasteiger partial charge is 0.494 e. The number of methoxy groups -OCH3 is 1. The molecule has 0 spiro atoms. The number of benzene rings is 1. The van der Waals surface area contributed by atoms with E-state index in [9.17, 15) is 9.90 Å². The molecule has 0 aliphatic heterocycles. The number of hydrogen-bond acceptors (Lipinski definition) is 5. The maximum atomic E-state index is 11.0. The topological polar surface area (TPSA) is 91.7 Å². The van der Waals surface area contributed by atoms with Gasteiger partial charge in [-0.25, -0.2) is 9.78 Å². The van der Waals surface area contributed by atoms with E-state index in [1.165, 1.54) is 6.92 Å². The van der Waals surface area contributed by atoms with Crippen LogP contribution in [0, 0.1) is 6.92 Å². The summed E-state index contributed by atoms with van der Waals surface area (Å²) in [5.74, 6) is -0.632. The molecule has 0 amide bonds.